The van der Waals surface area contributed by atoms with Crippen LogP contribution in [0.5, 0.6) is 5.75 Å². The summed E-state index contributed by atoms with van der Waals surface area (Å²) in [5, 5.41) is 0. The lowest BCUT2D eigenvalue weighted by molar-refractivity contribution is -0.131. The lowest BCUT2D eigenvalue weighted by atomic mass is 10.1. The van der Waals surface area contributed by atoms with Gasteiger partial charge in [-0.3, -0.25) is 4.79 Å². The Kier molecular flexibility index (Phi) is 5.12. The second-order valence-corrected chi connectivity index (χ2v) is 6.01. The average Bonchev–Trinajstić information content (AvgIpc) is 2.62. The largest absolute Gasteiger partial charge is 0.426 e. The first kappa shape index (κ1) is 15.4. The average molecular weight is 320 g/mol. The molecule has 0 heterocycles. The number of benzene rings is 3. The van der Waals surface area contributed by atoms with E-state index in [1.165, 1.54) is 11.8 Å². The smallest absolute Gasteiger partial charge is 0.321 e. The SMILES string of the molecule is O=C(CSc1ccccc1)Oc1ccc(-c2ccccc2)cc1. The molecule has 0 radical (unpaired) electrons. The van der Waals surface area contributed by atoms with Crippen molar-refractivity contribution in [1.29, 1.82) is 0 Å². The van der Waals surface area contributed by atoms with E-state index in [9.17, 15) is 4.79 Å². The van der Waals surface area contributed by atoms with Crippen LogP contribution in [0.1, 0.15) is 0 Å². The van der Waals surface area contributed by atoms with Crippen LogP contribution >= 0.6 is 11.8 Å². The zero-order chi connectivity index (χ0) is 15.9. The van der Waals surface area contributed by atoms with E-state index in [1.807, 2.05) is 72.8 Å². The van der Waals surface area contributed by atoms with Gasteiger partial charge in [0.05, 0.1) is 5.75 Å². The Hall–Kier alpha value is -2.52. The second kappa shape index (κ2) is 7.65. The quantitative estimate of drug-likeness (QED) is 0.374. The van der Waals surface area contributed by atoms with Gasteiger partial charge in [-0.1, -0.05) is 60.7 Å². The number of esters is 1. The van der Waals surface area contributed by atoms with E-state index in [4.69, 9.17) is 4.74 Å². The van der Waals surface area contributed by atoms with Crippen molar-refractivity contribution in [2.24, 2.45) is 0 Å². The van der Waals surface area contributed by atoms with Gasteiger partial charge in [-0.05, 0) is 35.4 Å². The van der Waals surface area contributed by atoms with Crippen LogP contribution in [0.3, 0.4) is 0 Å². The molecule has 0 bridgehead atoms. The van der Waals surface area contributed by atoms with Crippen LogP contribution < -0.4 is 4.74 Å². The van der Waals surface area contributed by atoms with Gasteiger partial charge >= 0.3 is 5.97 Å². The third kappa shape index (κ3) is 4.47. The van der Waals surface area contributed by atoms with E-state index >= 15 is 0 Å². The highest BCUT2D eigenvalue weighted by molar-refractivity contribution is 8.00. The Balaban J connectivity index is 1.57. The van der Waals surface area contributed by atoms with Crippen LogP contribution in [0.15, 0.2) is 89.8 Å². The number of ether oxygens (including phenoxy) is 1. The predicted octanol–water partition coefficient (Wildman–Crippen LogP) is 5.05. The van der Waals surface area contributed by atoms with Gasteiger partial charge in [-0.15, -0.1) is 11.8 Å². The molecule has 0 amide bonds. The van der Waals surface area contributed by atoms with Crippen molar-refractivity contribution in [3.63, 3.8) is 0 Å². The number of hydrogen-bond donors (Lipinski definition) is 0. The molecular weight excluding hydrogens is 304 g/mol. The maximum absolute atomic E-state index is 11.9. The van der Waals surface area contributed by atoms with Gasteiger partial charge in [0.2, 0.25) is 0 Å². The van der Waals surface area contributed by atoms with Crippen molar-refractivity contribution in [1.82, 2.24) is 0 Å². The molecule has 0 aromatic heterocycles. The van der Waals surface area contributed by atoms with Crippen LogP contribution in [0.2, 0.25) is 0 Å². The summed E-state index contributed by atoms with van der Waals surface area (Å²) in [5.74, 6) is 0.624. The first-order chi connectivity index (χ1) is 11.3. The third-order valence-corrected chi connectivity index (χ3v) is 4.28. The maximum Gasteiger partial charge on any atom is 0.321 e. The molecule has 0 spiro atoms. The second-order valence-electron chi connectivity index (χ2n) is 4.97. The molecule has 0 aliphatic carbocycles. The zero-order valence-corrected chi connectivity index (χ0v) is 13.3. The van der Waals surface area contributed by atoms with E-state index < -0.39 is 0 Å². The number of rotatable bonds is 5. The first-order valence-electron chi connectivity index (χ1n) is 7.35. The lowest BCUT2D eigenvalue weighted by Gasteiger charge is -2.06. The Morgan fingerprint density at radius 2 is 1.30 bits per heavy atom. The van der Waals surface area contributed by atoms with Gasteiger partial charge in [-0.25, -0.2) is 0 Å². The summed E-state index contributed by atoms with van der Waals surface area (Å²) in [6.07, 6.45) is 0. The minimum absolute atomic E-state index is 0.244. The maximum atomic E-state index is 11.9. The summed E-state index contributed by atoms with van der Waals surface area (Å²) in [7, 11) is 0. The minimum atomic E-state index is -0.244. The van der Waals surface area contributed by atoms with Gasteiger partial charge in [-0.2, -0.15) is 0 Å². The molecule has 3 aromatic rings. The monoisotopic (exact) mass is 320 g/mol. The van der Waals surface area contributed by atoms with Crippen molar-refractivity contribution in [3.05, 3.63) is 84.9 Å². The molecule has 0 aliphatic heterocycles. The Morgan fingerprint density at radius 3 is 1.96 bits per heavy atom. The molecule has 0 saturated heterocycles. The summed E-state index contributed by atoms with van der Waals surface area (Å²) in [4.78, 5) is 13.0. The van der Waals surface area contributed by atoms with Gasteiger partial charge in [0.15, 0.2) is 0 Å². The molecule has 0 atom stereocenters. The zero-order valence-electron chi connectivity index (χ0n) is 12.5. The number of hydrogen-bond acceptors (Lipinski definition) is 3. The highest BCUT2D eigenvalue weighted by Gasteiger charge is 2.06. The van der Waals surface area contributed by atoms with Gasteiger partial charge in [0.1, 0.15) is 5.75 Å². The number of carbonyl (C=O) groups excluding carboxylic acids is 1. The lowest BCUT2D eigenvalue weighted by Crippen LogP contribution is -2.10. The van der Waals surface area contributed by atoms with E-state index in [2.05, 4.69) is 12.1 Å². The van der Waals surface area contributed by atoms with Crippen molar-refractivity contribution < 1.29 is 9.53 Å². The molecule has 114 valence electrons. The molecule has 3 rings (SSSR count). The van der Waals surface area contributed by atoms with Crippen LogP contribution in [0, 0.1) is 0 Å². The first-order valence-corrected chi connectivity index (χ1v) is 8.34. The molecule has 3 aromatic carbocycles. The summed E-state index contributed by atoms with van der Waals surface area (Å²) in [5.41, 5.74) is 2.24. The molecule has 0 unspecified atom stereocenters. The van der Waals surface area contributed by atoms with Gasteiger partial charge in [0.25, 0.3) is 0 Å². The Morgan fingerprint density at radius 1 is 0.739 bits per heavy atom. The van der Waals surface area contributed by atoms with Crippen molar-refractivity contribution in [2.75, 3.05) is 5.75 Å². The minimum Gasteiger partial charge on any atom is -0.426 e. The Labute approximate surface area is 140 Å². The molecule has 2 nitrogen and oxygen atoms in total. The van der Waals surface area contributed by atoms with E-state index in [0.29, 0.717) is 11.5 Å². The summed E-state index contributed by atoms with van der Waals surface area (Å²) < 4.78 is 5.37. The number of thioether (sulfide) groups is 1. The molecule has 0 fully saturated rings. The van der Waals surface area contributed by atoms with Crippen LogP contribution in [-0.2, 0) is 4.79 Å². The molecular formula is C20H16O2S. The normalized spacial score (nSPS) is 10.3. The fourth-order valence-electron chi connectivity index (χ4n) is 2.17. The van der Waals surface area contributed by atoms with Crippen molar-refractivity contribution in [3.8, 4) is 16.9 Å². The standard InChI is InChI=1S/C20H16O2S/c21-20(15-23-19-9-5-2-6-10-19)22-18-13-11-17(12-14-18)16-7-3-1-4-8-16/h1-14H,15H2. The van der Waals surface area contributed by atoms with Crippen molar-refractivity contribution in [2.45, 2.75) is 4.90 Å². The van der Waals surface area contributed by atoms with Crippen LogP contribution in [0.25, 0.3) is 11.1 Å². The topological polar surface area (TPSA) is 26.3 Å². The summed E-state index contributed by atoms with van der Waals surface area (Å²) >= 11 is 1.47. The molecule has 0 saturated carbocycles. The molecule has 0 N–H and O–H groups in total. The highest BCUT2D eigenvalue weighted by atomic mass is 32.2. The molecule has 23 heavy (non-hydrogen) atoms. The third-order valence-electron chi connectivity index (χ3n) is 3.29. The Bertz CT molecular complexity index is 753. The van der Waals surface area contributed by atoms with Gasteiger partial charge in [0, 0.05) is 4.90 Å². The fraction of sp³-hybridized carbons (Fsp3) is 0.0500. The van der Waals surface area contributed by atoms with Crippen LogP contribution in [-0.4, -0.2) is 11.7 Å². The van der Waals surface area contributed by atoms with Crippen LogP contribution in [0.4, 0.5) is 0 Å². The number of carbonyl (C=O) groups is 1. The molecule has 0 aliphatic rings. The highest BCUT2D eigenvalue weighted by Crippen LogP contribution is 2.23. The van der Waals surface area contributed by atoms with E-state index in [0.717, 1.165) is 16.0 Å². The predicted molar refractivity (Wildman–Crippen MR) is 94.7 cm³/mol. The van der Waals surface area contributed by atoms with Crippen molar-refractivity contribution >= 4 is 17.7 Å². The summed E-state index contributed by atoms with van der Waals surface area (Å²) in [6.45, 7) is 0. The van der Waals surface area contributed by atoms with E-state index in [1.54, 1.807) is 0 Å². The van der Waals surface area contributed by atoms with Gasteiger partial charge < -0.3 is 4.74 Å². The molecule has 3 heteroatoms. The summed E-state index contributed by atoms with van der Waals surface area (Å²) in [6, 6.07) is 27.5. The van der Waals surface area contributed by atoms with E-state index in [-0.39, 0.29) is 5.97 Å². The fourth-order valence-corrected chi connectivity index (χ4v) is 2.86.